The fourth-order valence-corrected chi connectivity index (χ4v) is 10.8. The van der Waals surface area contributed by atoms with Crippen molar-refractivity contribution < 1.29 is 37.6 Å². The monoisotopic (exact) mass is 1040 g/mol. The molecule has 3 N–H and O–H groups in total. The van der Waals surface area contributed by atoms with Crippen molar-refractivity contribution in [1.82, 2.24) is 0 Å². The Balaban J connectivity index is 3.81. The number of phosphoric ester groups is 1. The predicted octanol–water partition coefficient (Wildman–Crippen LogP) is 20.2. The number of nitrogens with two attached hydrogens (primary N) is 1. The SMILES string of the molecule is CCCCCCCCCCCCCCCCCCCCCCCCCCCCCCCCCCC(=O)OC(COC(=O)CCCCCCCCCCCCCCCCCCCCC)COP(=O)(O)OCCN. The minimum atomic E-state index is -4.38. The highest BCUT2D eigenvalue weighted by Gasteiger charge is 2.26. The summed E-state index contributed by atoms with van der Waals surface area (Å²) in [7, 11) is -4.38. The van der Waals surface area contributed by atoms with Crippen LogP contribution in [0.4, 0.5) is 0 Å². The second-order valence-corrected chi connectivity index (χ2v) is 23.5. The lowest BCUT2D eigenvalue weighted by molar-refractivity contribution is -0.161. The zero-order valence-corrected chi connectivity index (χ0v) is 49.1. The van der Waals surface area contributed by atoms with Crippen LogP contribution in [-0.2, 0) is 32.7 Å². The van der Waals surface area contributed by atoms with Crippen molar-refractivity contribution in [3.8, 4) is 0 Å². The normalized spacial score (nSPS) is 12.9. The van der Waals surface area contributed by atoms with E-state index in [4.69, 9.17) is 24.3 Å². The van der Waals surface area contributed by atoms with Gasteiger partial charge in [-0.1, -0.05) is 328 Å². The van der Waals surface area contributed by atoms with Crippen LogP contribution in [0.3, 0.4) is 0 Å². The molecule has 0 spiro atoms. The fourth-order valence-electron chi connectivity index (χ4n) is 10.00. The number of hydrogen-bond donors (Lipinski definition) is 2. The number of hydrogen-bond acceptors (Lipinski definition) is 8. The van der Waals surface area contributed by atoms with Crippen LogP contribution in [0.2, 0.25) is 0 Å². The molecule has 0 rings (SSSR count). The molecular formula is C62H124NO8P. The molecule has 0 aromatic rings. The van der Waals surface area contributed by atoms with Gasteiger partial charge >= 0.3 is 19.8 Å². The molecule has 0 fully saturated rings. The van der Waals surface area contributed by atoms with Crippen molar-refractivity contribution in [3.63, 3.8) is 0 Å². The number of ether oxygens (including phenoxy) is 2. The van der Waals surface area contributed by atoms with Gasteiger partial charge < -0.3 is 20.1 Å². The smallest absolute Gasteiger partial charge is 0.462 e. The van der Waals surface area contributed by atoms with Gasteiger partial charge in [0, 0.05) is 19.4 Å². The van der Waals surface area contributed by atoms with Crippen LogP contribution < -0.4 is 5.73 Å². The van der Waals surface area contributed by atoms with E-state index < -0.39 is 26.5 Å². The van der Waals surface area contributed by atoms with Crippen molar-refractivity contribution >= 4 is 19.8 Å². The Morgan fingerprint density at radius 2 is 0.597 bits per heavy atom. The Kier molecular flexibility index (Phi) is 58.4. The summed E-state index contributed by atoms with van der Waals surface area (Å²) < 4.78 is 33.1. The van der Waals surface area contributed by atoms with Gasteiger partial charge in [-0.25, -0.2) is 4.57 Å². The Hall–Kier alpha value is -0.990. The summed E-state index contributed by atoms with van der Waals surface area (Å²) in [5.74, 6) is -0.800. The predicted molar refractivity (Wildman–Crippen MR) is 308 cm³/mol. The summed E-state index contributed by atoms with van der Waals surface area (Å²) in [4.78, 5) is 35.2. The Morgan fingerprint density at radius 1 is 0.361 bits per heavy atom. The van der Waals surface area contributed by atoms with Gasteiger partial charge in [0.1, 0.15) is 6.61 Å². The molecular weight excluding hydrogens is 918 g/mol. The summed E-state index contributed by atoms with van der Waals surface area (Å²) in [6.45, 7) is 3.83. The van der Waals surface area contributed by atoms with Gasteiger partial charge in [0.05, 0.1) is 13.2 Å². The highest BCUT2D eigenvalue weighted by molar-refractivity contribution is 7.47. The molecule has 0 saturated carbocycles. The Bertz CT molecular complexity index is 1140. The van der Waals surface area contributed by atoms with Crippen LogP contribution in [0.1, 0.15) is 354 Å². The first kappa shape index (κ1) is 71.0. The highest BCUT2D eigenvalue weighted by Crippen LogP contribution is 2.43. The van der Waals surface area contributed by atoms with E-state index in [1.165, 1.54) is 289 Å². The third-order valence-corrected chi connectivity index (χ3v) is 15.7. The van der Waals surface area contributed by atoms with E-state index in [1.54, 1.807) is 0 Å². The van der Waals surface area contributed by atoms with Crippen LogP contribution in [0.25, 0.3) is 0 Å². The number of esters is 2. The van der Waals surface area contributed by atoms with E-state index in [1.807, 2.05) is 0 Å². The molecule has 0 aliphatic heterocycles. The first-order valence-electron chi connectivity index (χ1n) is 32.0. The third-order valence-electron chi connectivity index (χ3n) is 14.7. The number of carbonyl (C=O) groups is 2. The van der Waals surface area contributed by atoms with Gasteiger partial charge in [0.25, 0.3) is 0 Å². The molecule has 0 saturated heterocycles. The first-order chi connectivity index (χ1) is 35.3. The molecule has 72 heavy (non-hydrogen) atoms. The second-order valence-electron chi connectivity index (χ2n) is 22.0. The van der Waals surface area contributed by atoms with Crippen LogP contribution in [0.5, 0.6) is 0 Å². The molecule has 0 aliphatic carbocycles. The standard InChI is InChI=1S/C62H124NO8P/c1-3-5-7-9-11-13-15-17-19-21-23-24-25-26-27-28-29-30-31-32-33-34-35-37-39-41-43-45-47-49-51-53-55-62(65)71-60(59-70-72(66,67)69-57-56-63)58-68-61(64)54-52-50-48-46-44-42-40-38-36-22-20-18-16-14-12-10-8-6-4-2/h60H,3-59,63H2,1-2H3,(H,66,67). The lowest BCUT2D eigenvalue weighted by Gasteiger charge is -2.19. The highest BCUT2D eigenvalue weighted by atomic mass is 31.2. The molecule has 9 nitrogen and oxygen atoms in total. The van der Waals surface area contributed by atoms with Crippen LogP contribution in [-0.4, -0.2) is 49.3 Å². The molecule has 0 bridgehead atoms. The molecule has 0 aromatic heterocycles. The molecule has 0 radical (unpaired) electrons. The van der Waals surface area contributed by atoms with E-state index in [9.17, 15) is 19.0 Å². The van der Waals surface area contributed by atoms with E-state index >= 15 is 0 Å². The van der Waals surface area contributed by atoms with Crippen molar-refractivity contribution in [2.75, 3.05) is 26.4 Å². The third kappa shape index (κ3) is 58.3. The molecule has 0 amide bonds. The maximum absolute atomic E-state index is 12.7. The van der Waals surface area contributed by atoms with Crippen molar-refractivity contribution in [2.24, 2.45) is 5.73 Å². The van der Waals surface area contributed by atoms with Gasteiger partial charge in [-0.15, -0.1) is 0 Å². The Labute approximate surface area is 447 Å². The summed E-state index contributed by atoms with van der Waals surface area (Å²) in [6.07, 6.45) is 67.6. The number of unbranched alkanes of at least 4 members (excludes halogenated alkanes) is 49. The second kappa shape index (κ2) is 59.3. The molecule has 2 atom stereocenters. The topological polar surface area (TPSA) is 134 Å². The van der Waals surface area contributed by atoms with E-state index in [0.717, 1.165) is 32.1 Å². The lowest BCUT2D eigenvalue weighted by atomic mass is 10.0. The zero-order chi connectivity index (χ0) is 52.4. The van der Waals surface area contributed by atoms with Crippen LogP contribution in [0, 0.1) is 0 Å². The lowest BCUT2D eigenvalue weighted by Crippen LogP contribution is -2.29. The van der Waals surface area contributed by atoms with E-state index in [-0.39, 0.29) is 38.6 Å². The van der Waals surface area contributed by atoms with Crippen LogP contribution in [0.15, 0.2) is 0 Å². The van der Waals surface area contributed by atoms with Gasteiger partial charge in [-0.05, 0) is 12.8 Å². The van der Waals surface area contributed by atoms with Crippen LogP contribution >= 0.6 is 7.82 Å². The molecule has 0 heterocycles. The molecule has 10 heteroatoms. The maximum Gasteiger partial charge on any atom is 0.472 e. The van der Waals surface area contributed by atoms with Crippen molar-refractivity contribution in [2.45, 2.75) is 360 Å². The first-order valence-corrected chi connectivity index (χ1v) is 33.5. The maximum atomic E-state index is 12.7. The largest absolute Gasteiger partial charge is 0.472 e. The summed E-state index contributed by atoms with van der Waals surface area (Å²) >= 11 is 0. The average molecular weight is 1040 g/mol. The zero-order valence-electron chi connectivity index (χ0n) is 48.2. The number of rotatable bonds is 62. The van der Waals surface area contributed by atoms with Crippen molar-refractivity contribution in [1.29, 1.82) is 0 Å². The van der Waals surface area contributed by atoms with E-state index in [2.05, 4.69) is 13.8 Å². The minimum absolute atomic E-state index is 0.0587. The van der Waals surface area contributed by atoms with E-state index in [0.29, 0.717) is 6.42 Å². The average Bonchev–Trinajstić information content (AvgIpc) is 3.37. The van der Waals surface area contributed by atoms with Gasteiger partial charge in [-0.2, -0.15) is 0 Å². The van der Waals surface area contributed by atoms with Gasteiger partial charge in [0.2, 0.25) is 0 Å². The van der Waals surface area contributed by atoms with Crippen molar-refractivity contribution in [3.05, 3.63) is 0 Å². The number of carbonyl (C=O) groups excluding carboxylic acids is 2. The van der Waals surface area contributed by atoms with Gasteiger partial charge in [-0.3, -0.25) is 18.6 Å². The molecule has 0 aromatic carbocycles. The Morgan fingerprint density at radius 3 is 0.847 bits per heavy atom. The molecule has 430 valence electrons. The van der Waals surface area contributed by atoms with Gasteiger partial charge in [0.15, 0.2) is 6.10 Å². The summed E-state index contributed by atoms with van der Waals surface area (Å²) in [5, 5.41) is 0. The molecule has 2 unspecified atom stereocenters. The minimum Gasteiger partial charge on any atom is -0.462 e. The number of phosphoric acid groups is 1. The summed E-state index contributed by atoms with van der Waals surface area (Å²) in [5.41, 5.74) is 5.39. The quantitative estimate of drug-likeness (QED) is 0.0347. The fraction of sp³-hybridized carbons (Fsp3) is 0.968. The summed E-state index contributed by atoms with van der Waals surface area (Å²) in [6, 6.07) is 0. The molecule has 0 aliphatic rings.